The largest absolute Gasteiger partial charge is 0.497 e. The van der Waals surface area contributed by atoms with Crippen LogP contribution in [0, 0.1) is 13.8 Å². The summed E-state index contributed by atoms with van der Waals surface area (Å²) in [7, 11) is 1.57. The van der Waals surface area contributed by atoms with E-state index in [0.29, 0.717) is 22.7 Å². The summed E-state index contributed by atoms with van der Waals surface area (Å²) in [5.41, 5.74) is 4.64. The molecule has 1 saturated heterocycles. The molecule has 0 atom stereocenters. The molecule has 1 fully saturated rings. The van der Waals surface area contributed by atoms with Gasteiger partial charge in [0.1, 0.15) is 11.4 Å². The van der Waals surface area contributed by atoms with Crippen molar-refractivity contribution in [2.45, 2.75) is 33.1 Å². The third-order valence-corrected chi connectivity index (χ3v) is 5.84. The summed E-state index contributed by atoms with van der Waals surface area (Å²) in [6, 6.07) is 13.1. The first kappa shape index (κ1) is 19.2. The van der Waals surface area contributed by atoms with E-state index in [1.807, 2.05) is 32.0 Å². The van der Waals surface area contributed by atoms with E-state index < -0.39 is 0 Å². The van der Waals surface area contributed by atoms with Gasteiger partial charge in [-0.05, 0) is 61.9 Å². The molecule has 0 aromatic heterocycles. The van der Waals surface area contributed by atoms with Crippen molar-refractivity contribution in [1.82, 2.24) is 4.90 Å². The van der Waals surface area contributed by atoms with Gasteiger partial charge < -0.3 is 9.64 Å². The van der Waals surface area contributed by atoms with E-state index in [-0.39, 0.29) is 11.8 Å². The molecule has 0 bridgehead atoms. The van der Waals surface area contributed by atoms with Crippen molar-refractivity contribution in [3.8, 4) is 5.75 Å². The number of ether oxygens (including phenoxy) is 1. The third-order valence-electron chi connectivity index (χ3n) is 5.84. The number of amides is 2. The van der Waals surface area contributed by atoms with E-state index in [0.717, 1.165) is 49.0 Å². The zero-order chi connectivity index (χ0) is 20.5. The molecular formula is C24H26N2O3. The number of likely N-dealkylation sites (tertiary alicyclic amines) is 1. The number of piperidine rings is 1. The van der Waals surface area contributed by atoms with Gasteiger partial charge in [0.05, 0.1) is 18.4 Å². The van der Waals surface area contributed by atoms with Crippen LogP contribution in [0.5, 0.6) is 5.75 Å². The number of rotatable bonds is 4. The molecule has 0 aliphatic carbocycles. The fourth-order valence-corrected chi connectivity index (χ4v) is 4.07. The molecule has 29 heavy (non-hydrogen) atoms. The molecule has 2 aliphatic rings. The fraction of sp³-hybridized carbons (Fsp3) is 0.333. The van der Waals surface area contributed by atoms with Crippen LogP contribution in [0.2, 0.25) is 0 Å². The highest BCUT2D eigenvalue weighted by Crippen LogP contribution is 2.37. The fourth-order valence-electron chi connectivity index (χ4n) is 4.07. The minimum Gasteiger partial charge on any atom is -0.497 e. The first-order valence-corrected chi connectivity index (χ1v) is 10.1. The average molecular weight is 390 g/mol. The van der Waals surface area contributed by atoms with Crippen molar-refractivity contribution < 1.29 is 14.3 Å². The van der Waals surface area contributed by atoms with E-state index in [1.54, 1.807) is 31.4 Å². The minimum absolute atomic E-state index is 0.251. The van der Waals surface area contributed by atoms with E-state index in [4.69, 9.17) is 4.74 Å². The Morgan fingerprint density at radius 3 is 2.31 bits per heavy atom. The predicted octanol–water partition coefficient (Wildman–Crippen LogP) is 4.08. The number of benzene rings is 2. The Kier molecular flexibility index (Phi) is 5.14. The number of carbonyl (C=O) groups excluding carboxylic acids is 2. The number of anilines is 1. The quantitative estimate of drug-likeness (QED) is 0.738. The molecule has 2 aromatic rings. The number of nitrogens with zero attached hydrogens (tertiary/aromatic N) is 2. The van der Waals surface area contributed by atoms with Crippen molar-refractivity contribution in [3.05, 3.63) is 64.9 Å². The lowest BCUT2D eigenvalue weighted by atomic mass is 9.98. The molecule has 0 radical (unpaired) electrons. The van der Waals surface area contributed by atoms with Crippen LogP contribution in [0.1, 0.15) is 36.0 Å². The number of methoxy groups -OCH3 is 1. The first-order chi connectivity index (χ1) is 14.0. The molecule has 0 spiro atoms. The molecule has 0 unspecified atom stereocenters. The van der Waals surface area contributed by atoms with Gasteiger partial charge in [0, 0.05) is 19.2 Å². The van der Waals surface area contributed by atoms with Gasteiger partial charge in [-0.3, -0.25) is 9.59 Å². The Morgan fingerprint density at radius 1 is 0.862 bits per heavy atom. The molecule has 2 amide bonds. The normalized spacial score (nSPS) is 17.3. The SMILES string of the molecule is COc1cccc(N2C(=O)C(c3ccc(C)c(C)c3)=C(N3CCCCC3)C2=O)c1. The number of hydrogen-bond acceptors (Lipinski definition) is 4. The maximum Gasteiger partial charge on any atom is 0.282 e. The van der Waals surface area contributed by atoms with E-state index >= 15 is 0 Å². The molecular weight excluding hydrogens is 364 g/mol. The van der Waals surface area contributed by atoms with Crippen LogP contribution in [0.25, 0.3) is 5.57 Å². The van der Waals surface area contributed by atoms with Crippen LogP contribution in [0.3, 0.4) is 0 Å². The summed E-state index contributed by atoms with van der Waals surface area (Å²) >= 11 is 0. The molecule has 4 rings (SSSR count). The van der Waals surface area contributed by atoms with E-state index in [2.05, 4.69) is 4.90 Å². The van der Waals surface area contributed by atoms with Crippen LogP contribution in [0.15, 0.2) is 48.2 Å². The Labute approximate surface area is 171 Å². The molecule has 2 aliphatic heterocycles. The minimum atomic E-state index is -0.271. The van der Waals surface area contributed by atoms with Crippen LogP contribution < -0.4 is 9.64 Å². The van der Waals surface area contributed by atoms with Crippen molar-refractivity contribution >= 4 is 23.1 Å². The van der Waals surface area contributed by atoms with Crippen molar-refractivity contribution in [2.24, 2.45) is 0 Å². The molecule has 0 N–H and O–H groups in total. The highest BCUT2D eigenvalue weighted by molar-refractivity contribution is 6.45. The van der Waals surface area contributed by atoms with Crippen LogP contribution in [0.4, 0.5) is 5.69 Å². The monoisotopic (exact) mass is 390 g/mol. The summed E-state index contributed by atoms with van der Waals surface area (Å²) in [6.07, 6.45) is 3.22. The summed E-state index contributed by atoms with van der Waals surface area (Å²) in [5.74, 6) is 0.0905. The van der Waals surface area contributed by atoms with E-state index in [9.17, 15) is 9.59 Å². The van der Waals surface area contributed by atoms with Gasteiger partial charge in [-0.15, -0.1) is 0 Å². The predicted molar refractivity (Wildman–Crippen MR) is 114 cm³/mol. The van der Waals surface area contributed by atoms with E-state index in [1.165, 1.54) is 4.90 Å². The number of carbonyl (C=O) groups is 2. The Bertz CT molecular complexity index is 1000. The molecule has 150 valence electrons. The van der Waals surface area contributed by atoms with Gasteiger partial charge in [-0.2, -0.15) is 0 Å². The van der Waals surface area contributed by atoms with Gasteiger partial charge in [0.15, 0.2) is 0 Å². The van der Waals surface area contributed by atoms with Gasteiger partial charge in [-0.1, -0.05) is 24.3 Å². The Hall–Kier alpha value is -3.08. The third kappa shape index (κ3) is 3.41. The van der Waals surface area contributed by atoms with Gasteiger partial charge in [0.2, 0.25) is 0 Å². The number of hydrogen-bond donors (Lipinski definition) is 0. The number of imide groups is 1. The molecule has 2 heterocycles. The highest BCUT2D eigenvalue weighted by Gasteiger charge is 2.42. The maximum absolute atomic E-state index is 13.5. The summed E-state index contributed by atoms with van der Waals surface area (Å²) in [4.78, 5) is 30.4. The van der Waals surface area contributed by atoms with Gasteiger partial charge >= 0.3 is 0 Å². The zero-order valence-electron chi connectivity index (χ0n) is 17.2. The zero-order valence-corrected chi connectivity index (χ0v) is 17.2. The molecule has 0 saturated carbocycles. The van der Waals surface area contributed by atoms with Crippen LogP contribution in [-0.2, 0) is 9.59 Å². The molecule has 5 heteroatoms. The lowest BCUT2D eigenvalue weighted by Crippen LogP contribution is -2.37. The second-order valence-corrected chi connectivity index (χ2v) is 7.72. The molecule has 5 nitrogen and oxygen atoms in total. The summed E-state index contributed by atoms with van der Waals surface area (Å²) < 4.78 is 5.30. The van der Waals surface area contributed by atoms with Crippen LogP contribution >= 0.6 is 0 Å². The maximum atomic E-state index is 13.5. The standard InChI is InChI=1S/C24H26N2O3/c1-16-10-11-18(14-17(16)2)21-22(25-12-5-4-6-13-25)24(28)26(23(21)27)19-8-7-9-20(15-19)29-3/h7-11,14-15H,4-6,12-13H2,1-3H3. The van der Waals surface area contributed by atoms with Gasteiger partial charge in [-0.25, -0.2) is 4.90 Å². The second-order valence-electron chi connectivity index (χ2n) is 7.72. The Morgan fingerprint density at radius 2 is 1.62 bits per heavy atom. The Balaban J connectivity index is 1.84. The van der Waals surface area contributed by atoms with Gasteiger partial charge in [0.25, 0.3) is 11.8 Å². The average Bonchev–Trinajstić information content (AvgIpc) is 3.01. The lowest BCUT2D eigenvalue weighted by Gasteiger charge is -2.29. The van der Waals surface area contributed by atoms with Crippen molar-refractivity contribution in [2.75, 3.05) is 25.1 Å². The molecule has 2 aromatic carbocycles. The second kappa shape index (κ2) is 7.74. The summed E-state index contributed by atoms with van der Waals surface area (Å²) in [5, 5.41) is 0. The highest BCUT2D eigenvalue weighted by atomic mass is 16.5. The van der Waals surface area contributed by atoms with Crippen molar-refractivity contribution in [3.63, 3.8) is 0 Å². The lowest BCUT2D eigenvalue weighted by molar-refractivity contribution is -0.120. The smallest absolute Gasteiger partial charge is 0.282 e. The summed E-state index contributed by atoms with van der Waals surface area (Å²) in [6.45, 7) is 5.67. The van der Waals surface area contributed by atoms with Crippen molar-refractivity contribution in [1.29, 1.82) is 0 Å². The topological polar surface area (TPSA) is 49.9 Å². The first-order valence-electron chi connectivity index (χ1n) is 10.1. The number of aryl methyl sites for hydroxylation is 2. The van der Waals surface area contributed by atoms with Crippen LogP contribution in [-0.4, -0.2) is 36.9 Å².